The highest BCUT2D eigenvalue weighted by Crippen LogP contribution is 2.18. The Hall–Kier alpha value is -3.54. The number of methoxy groups -OCH3 is 1. The van der Waals surface area contributed by atoms with E-state index in [2.05, 4.69) is 23.6 Å². The Balaban J connectivity index is 1.84. The Morgan fingerprint density at radius 3 is 2.30 bits per heavy atom. The normalized spacial score (nSPS) is 11.8. The van der Waals surface area contributed by atoms with Crippen molar-refractivity contribution in [2.45, 2.75) is 66.2 Å². The summed E-state index contributed by atoms with van der Waals surface area (Å²) in [7, 11) is 1.67. The zero-order valence-corrected chi connectivity index (χ0v) is 22.9. The highest BCUT2D eigenvalue weighted by molar-refractivity contribution is 5.85. The second kappa shape index (κ2) is 13.7. The number of amides is 2. The summed E-state index contributed by atoms with van der Waals surface area (Å²) in [4.78, 5) is 30.4. The number of rotatable bonds is 13. The van der Waals surface area contributed by atoms with E-state index in [1.807, 2.05) is 86.5 Å². The van der Waals surface area contributed by atoms with Gasteiger partial charge in [-0.15, -0.1) is 0 Å². The third-order valence-corrected chi connectivity index (χ3v) is 6.66. The van der Waals surface area contributed by atoms with Gasteiger partial charge in [0.25, 0.3) is 0 Å². The molecule has 0 aliphatic carbocycles. The van der Waals surface area contributed by atoms with Crippen LogP contribution in [-0.4, -0.2) is 45.9 Å². The van der Waals surface area contributed by atoms with Crippen LogP contribution in [0.25, 0.3) is 0 Å². The van der Waals surface area contributed by atoms with Gasteiger partial charge in [0.1, 0.15) is 12.3 Å². The zero-order chi connectivity index (χ0) is 26.8. The van der Waals surface area contributed by atoms with Gasteiger partial charge in [0.05, 0.1) is 13.7 Å². The maximum Gasteiger partial charge on any atom is 0.242 e. The smallest absolute Gasteiger partial charge is 0.242 e. The van der Waals surface area contributed by atoms with E-state index in [0.717, 1.165) is 29.0 Å². The summed E-state index contributed by atoms with van der Waals surface area (Å²) >= 11 is 0. The summed E-state index contributed by atoms with van der Waals surface area (Å²) in [5.41, 5.74) is 3.22. The molecule has 6 nitrogen and oxygen atoms in total. The molecule has 2 amide bonds. The van der Waals surface area contributed by atoms with Gasteiger partial charge in [0.15, 0.2) is 0 Å². The van der Waals surface area contributed by atoms with Crippen LogP contribution < -0.4 is 4.74 Å². The summed E-state index contributed by atoms with van der Waals surface area (Å²) in [6.07, 6.45) is 3.29. The molecule has 0 bridgehead atoms. The van der Waals surface area contributed by atoms with Gasteiger partial charge < -0.3 is 19.1 Å². The molecule has 6 heteroatoms. The van der Waals surface area contributed by atoms with Crippen molar-refractivity contribution < 1.29 is 14.3 Å². The van der Waals surface area contributed by atoms with Gasteiger partial charge in [-0.2, -0.15) is 0 Å². The highest BCUT2D eigenvalue weighted by Gasteiger charge is 2.26. The lowest BCUT2D eigenvalue weighted by molar-refractivity contribution is -0.143. The molecule has 0 aliphatic heterocycles. The standard InChI is InChI=1S/C31H41N3O3/c1-6-25(4)34(30(35)18-24(2)3)23-31(36)33(20-26-12-8-7-9-13-26)22-28-15-11-17-32(28)21-27-14-10-16-29(19-27)37-5/h7-17,19,24-25H,6,18,20-23H2,1-5H3. The van der Waals surface area contributed by atoms with E-state index in [1.54, 1.807) is 12.0 Å². The first-order chi connectivity index (χ1) is 17.8. The van der Waals surface area contributed by atoms with Gasteiger partial charge in [0, 0.05) is 37.4 Å². The van der Waals surface area contributed by atoms with E-state index in [-0.39, 0.29) is 30.3 Å². The largest absolute Gasteiger partial charge is 0.497 e. The van der Waals surface area contributed by atoms with E-state index in [0.29, 0.717) is 26.1 Å². The fraction of sp³-hybridized carbons (Fsp3) is 0.419. The molecule has 0 radical (unpaired) electrons. The molecule has 0 N–H and O–H groups in total. The van der Waals surface area contributed by atoms with Crippen LogP contribution >= 0.6 is 0 Å². The Morgan fingerprint density at radius 1 is 0.892 bits per heavy atom. The molecule has 1 heterocycles. The van der Waals surface area contributed by atoms with Gasteiger partial charge in [-0.1, -0.05) is 63.2 Å². The molecule has 2 aromatic carbocycles. The predicted octanol–water partition coefficient (Wildman–Crippen LogP) is 5.75. The van der Waals surface area contributed by atoms with Crippen LogP contribution in [0.15, 0.2) is 72.9 Å². The van der Waals surface area contributed by atoms with E-state index in [9.17, 15) is 9.59 Å². The lowest BCUT2D eigenvalue weighted by Gasteiger charge is -2.32. The number of carbonyl (C=O) groups excluding carboxylic acids is 2. The topological polar surface area (TPSA) is 54.8 Å². The van der Waals surface area contributed by atoms with Gasteiger partial charge in [-0.25, -0.2) is 0 Å². The molecule has 3 rings (SSSR count). The predicted molar refractivity (Wildman–Crippen MR) is 148 cm³/mol. The minimum Gasteiger partial charge on any atom is -0.497 e. The van der Waals surface area contributed by atoms with Crippen molar-refractivity contribution in [3.8, 4) is 5.75 Å². The monoisotopic (exact) mass is 503 g/mol. The molecule has 0 spiro atoms. The van der Waals surface area contributed by atoms with Crippen LogP contribution in [0.3, 0.4) is 0 Å². The van der Waals surface area contributed by atoms with E-state index >= 15 is 0 Å². The average molecular weight is 504 g/mol. The first-order valence-corrected chi connectivity index (χ1v) is 13.2. The zero-order valence-electron chi connectivity index (χ0n) is 22.9. The highest BCUT2D eigenvalue weighted by atomic mass is 16.5. The summed E-state index contributed by atoms with van der Waals surface area (Å²) in [5, 5.41) is 0. The molecule has 1 aromatic heterocycles. The molecule has 1 atom stereocenters. The van der Waals surface area contributed by atoms with E-state index in [1.165, 1.54) is 0 Å². The first kappa shape index (κ1) is 28.0. The molecule has 0 saturated heterocycles. The minimum absolute atomic E-state index is 0.00528. The molecule has 37 heavy (non-hydrogen) atoms. The molecule has 198 valence electrons. The van der Waals surface area contributed by atoms with Crippen molar-refractivity contribution in [1.29, 1.82) is 0 Å². The van der Waals surface area contributed by atoms with Crippen LogP contribution in [0.4, 0.5) is 0 Å². The molecule has 0 saturated carbocycles. The van der Waals surface area contributed by atoms with Crippen molar-refractivity contribution in [3.05, 3.63) is 89.7 Å². The fourth-order valence-electron chi connectivity index (χ4n) is 4.37. The number of carbonyl (C=O) groups is 2. The molecule has 0 aliphatic rings. The Labute approximate surface area is 221 Å². The average Bonchev–Trinajstić information content (AvgIpc) is 3.32. The number of benzene rings is 2. The number of nitrogens with zero attached hydrogens (tertiary/aromatic N) is 3. The van der Waals surface area contributed by atoms with Crippen LogP contribution in [-0.2, 0) is 29.2 Å². The number of ether oxygens (including phenoxy) is 1. The molecule has 3 aromatic rings. The maximum atomic E-state index is 13.8. The van der Waals surface area contributed by atoms with Crippen molar-refractivity contribution >= 4 is 11.8 Å². The third-order valence-electron chi connectivity index (χ3n) is 6.66. The molecular formula is C31H41N3O3. The Bertz CT molecular complexity index is 1140. The molecular weight excluding hydrogens is 462 g/mol. The van der Waals surface area contributed by atoms with Crippen molar-refractivity contribution in [1.82, 2.24) is 14.4 Å². The summed E-state index contributed by atoms with van der Waals surface area (Å²) in [5.74, 6) is 1.06. The summed E-state index contributed by atoms with van der Waals surface area (Å²) in [6.45, 7) is 9.85. The quantitative estimate of drug-likeness (QED) is 0.299. The fourth-order valence-corrected chi connectivity index (χ4v) is 4.37. The summed E-state index contributed by atoms with van der Waals surface area (Å²) < 4.78 is 7.54. The second-order valence-electron chi connectivity index (χ2n) is 10.1. The lowest BCUT2D eigenvalue weighted by Crippen LogP contribution is -2.46. The van der Waals surface area contributed by atoms with Crippen LogP contribution in [0.2, 0.25) is 0 Å². The Kier molecular flexibility index (Phi) is 10.4. The van der Waals surface area contributed by atoms with E-state index in [4.69, 9.17) is 4.74 Å². The minimum atomic E-state index is -0.0459. The van der Waals surface area contributed by atoms with Crippen molar-refractivity contribution in [2.24, 2.45) is 5.92 Å². The van der Waals surface area contributed by atoms with Crippen molar-refractivity contribution in [2.75, 3.05) is 13.7 Å². The van der Waals surface area contributed by atoms with Crippen LogP contribution in [0, 0.1) is 5.92 Å². The first-order valence-electron chi connectivity index (χ1n) is 13.2. The summed E-state index contributed by atoms with van der Waals surface area (Å²) in [6, 6.07) is 22.1. The van der Waals surface area contributed by atoms with Gasteiger partial charge in [-0.3, -0.25) is 9.59 Å². The Morgan fingerprint density at radius 2 is 1.62 bits per heavy atom. The van der Waals surface area contributed by atoms with Crippen LogP contribution in [0.1, 0.15) is 57.4 Å². The van der Waals surface area contributed by atoms with Gasteiger partial charge in [0.2, 0.25) is 11.8 Å². The number of hydrogen-bond acceptors (Lipinski definition) is 3. The number of hydrogen-bond donors (Lipinski definition) is 0. The van der Waals surface area contributed by atoms with Gasteiger partial charge in [-0.05, 0) is 54.7 Å². The molecule has 0 fully saturated rings. The number of aromatic nitrogens is 1. The second-order valence-corrected chi connectivity index (χ2v) is 10.1. The van der Waals surface area contributed by atoms with Crippen LogP contribution in [0.5, 0.6) is 5.75 Å². The van der Waals surface area contributed by atoms with Crippen molar-refractivity contribution in [3.63, 3.8) is 0 Å². The van der Waals surface area contributed by atoms with E-state index < -0.39 is 0 Å². The lowest BCUT2D eigenvalue weighted by atomic mass is 10.1. The van der Waals surface area contributed by atoms with Gasteiger partial charge >= 0.3 is 0 Å². The maximum absolute atomic E-state index is 13.8. The molecule has 1 unspecified atom stereocenters. The third kappa shape index (κ3) is 8.24. The SMILES string of the molecule is CCC(C)N(CC(=O)N(Cc1ccccc1)Cc1cccn1Cc1cccc(OC)c1)C(=O)CC(C)C.